The summed E-state index contributed by atoms with van der Waals surface area (Å²) < 4.78 is 1.60. The number of carboxylic acids is 1. The second-order valence-corrected chi connectivity index (χ2v) is 4.84. The van der Waals surface area contributed by atoms with Gasteiger partial charge in [-0.3, -0.25) is 0 Å². The first-order valence-electron chi connectivity index (χ1n) is 6.60. The lowest BCUT2D eigenvalue weighted by Crippen LogP contribution is -1.96. The van der Waals surface area contributed by atoms with Gasteiger partial charge in [-0.05, 0) is 19.1 Å². The van der Waals surface area contributed by atoms with Gasteiger partial charge in [-0.25, -0.2) is 9.48 Å². The highest BCUT2D eigenvalue weighted by atomic mass is 16.4. The molecule has 1 N–H and O–H groups in total. The predicted octanol–water partition coefficient (Wildman–Crippen LogP) is 3.55. The van der Waals surface area contributed by atoms with Gasteiger partial charge in [0, 0.05) is 11.8 Å². The topological polar surface area (TPSA) is 55.1 Å². The van der Waals surface area contributed by atoms with Crippen LogP contribution in [0.25, 0.3) is 16.9 Å². The van der Waals surface area contributed by atoms with Crippen LogP contribution >= 0.6 is 0 Å². The summed E-state index contributed by atoms with van der Waals surface area (Å²) >= 11 is 0. The molecular formula is C17H14N2O2. The van der Waals surface area contributed by atoms with Crippen molar-refractivity contribution in [2.45, 2.75) is 6.92 Å². The Kier molecular flexibility index (Phi) is 3.28. The maximum atomic E-state index is 11.4. The lowest BCUT2D eigenvalue weighted by Gasteiger charge is -2.01. The van der Waals surface area contributed by atoms with Crippen LogP contribution < -0.4 is 0 Å². The van der Waals surface area contributed by atoms with Gasteiger partial charge < -0.3 is 5.11 Å². The van der Waals surface area contributed by atoms with Gasteiger partial charge in [-0.1, -0.05) is 48.0 Å². The molecule has 0 radical (unpaired) electrons. The zero-order valence-corrected chi connectivity index (χ0v) is 11.5. The van der Waals surface area contributed by atoms with Gasteiger partial charge in [0.1, 0.15) is 11.3 Å². The van der Waals surface area contributed by atoms with Crippen molar-refractivity contribution < 1.29 is 9.90 Å². The van der Waals surface area contributed by atoms with Crippen LogP contribution in [-0.2, 0) is 0 Å². The van der Waals surface area contributed by atoms with Crippen LogP contribution in [-0.4, -0.2) is 20.9 Å². The van der Waals surface area contributed by atoms with Gasteiger partial charge in [0.25, 0.3) is 0 Å². The smallest absolute Gasteiger partial charge is 0.339 e. The number of aryl methyl sites for hydroxylation is 1. The Morgan fingerprint density at radius 3 is 2.33 bits per heavy atom. The summed E-state index contributed by atoms with van der Waals surface area (Å²) in [6, 6.07) is 17.1. The van der Waals surface area contributed by atoms with Crippen molar-refractivity contribution in [2.75, 3.05) is 0 Å². The number of rotatable bonds is 3. The van der Waals surface area contributed by atoms with E-state index in [1.54, 1.807) is 10.9 Å². The average Bonchev–Trinajstić information content (AvgIpc) is 2.94. The van der Waals surface area contributed by atoms with Crippen LogP contribution in [0.1, 0.15) is 15.9 Å². The third-order valence-corrected chi connectivity index (χ3v) is 3.29. The number of aromatic nitrogens is 2. The number of hydrogen-bond donors (Lipinski definition) is 1. The Morgan fingerprint density at radius 1 is 1.05 bits per heavy atom. The van der Waals surface area contributed by atoms with Crippen molar-refractivity contribution in [2.24, 2.45) is 0 Å². The first-order chi connectivity index (χ1) is 10.1. The molecule has 0 saturated carbocycles. The van der Waals surface area contributed by atoms with Crippen LogP contribution in [0.15, 0.2) is 60.8 Å². The van der Waals surface area contributed by atoms with Gasteiger partial charge >= 0.3 is 5.97 Å². The first-order valence-corrected chi connectivity index (χ1v) is 6.60. The molecule has 0 aliphatic rings. The molecule has 1 aromatic heterocycles. The van der Waals surface area contributed by atoms with E-state index >= 15 is 0 Å². The molecule has 0 amide bonds. The quantitative estimate of drug-likeness (QED) is 0.797. The summed E-state index contributed by atoms with van der Waals surface area (Å²) in [7, 11) is 0. The number of nitrogens with zero attached hydrogens (tertiary/aromatic N) is 2. The van der Waals surface area contributed by atoms with E-state index in [1.807, 2.05) is 61.5 Å². The highest BCUT2D eigenvalue weighted by Crippen LogP contribution is 2.23. The van der Waals surface area contributed by atoms with E-state index in [9.17, 15) is 9.90 Å². The fourth-order valence-electron chi connectivity index (χ4n) is 2.17. The van der Waals surface area contributed by atoms with E-state index in [0.29, 0.717) is 5.69 Å². The normalized spacial score (nSPS) is 10.5. The maximum Gasteiger partial charge on any atom is 0.339 e. The van der Waals surface area contributed by atoms with E-state index < -0.39 is 5.97 Å². The van der Waals surface area contributed by atoms with Crippen molar-refractivity contribution >= 4 is 5.97 Å². The monoisotopic (exact) mass is 278 g/mol. The molecule has 21 heavy (non-hydrogen) atoms. The fraction of sp³-hybridized carbons (Fsp3) is 0.0588. The molecule has 104 valence electrons. The van der Waals surface area contributed by atoms with E-state index in [1.165, 1.54) is 0 Å². The van der Waals surface area contributed by atoms with Crippen LogP contribution in [0.4, 0.5) is 0 Å². The second-order valence-electron chi connectivity index (χ2n) is 4.84. The molecule has 2 aromatic carbocycles. The lowest BCUT2D eigenvalue weighted by atomic mass is 10.1. The van der Waals surface area contributed by atoms with Crippen molar-refractivity contribution in [1.29, 1.82) is 0 Å². The number of hydrogen-bond acceptors (Lipinski definition) is 2. The molecular weight excluding hydrogens is 264 g/mol. The molecule has 4 heteroatoms. The molecule has 0 spiro atoms. The zero-order valence-electron chi connectivity index (χ0n) is 11.5. The van der Waals surface area contributed by atoms with Crippen LogP contribution in [0.5, 0.6) is 0 Å². The summed E-state index contributed by atoms with van der Waals surface area (Å²) in [6.45, 7) is 2.00. The van der Waals surface area contributed by atoms with Crippen molar-refractivity contribution in [3.63, 3.8) is 0 Å². The van der Waals surface area contributed by atoms with Gasteiger partial charge in [0.2, 0.25) is 0 Å². The van der Waals surface area contributed by atoms with Crippen LogP contribution in [0, 0.1) is 6.92 Å². The number of benzene rings is 2. The molecule has 4 nitrogen and oxygen atoms in total. The van der Waals surface area contributed by atoms with Crippen molar-refractivity contribution in [1.82, 2.24) is 9.78 Å². The average molecular weight is 278 g/mol. The van der Waals surface area contributed by atoms with E-state index in [-0.39, 0.29) is 5.56 Å². The molecule has 0 saturated heterocycles. The number of carboxylic acid groups (broad SMARTS) is 1. The largest absolute Gasteiger partial charge is 0.478 e. The Labute approximate surface area is 122 Å². The van der Waals surface area contributed by atoms with E-state index in [4.69, 9.17) is 0 Å². The summed E-state index contributed by atoms with van der Waals surface area (Å²) in [5.74, 6) is -0.979. The third kappa shape index (κ3) is 2.56. The third-order valence-electron chi connectivity index (χ3n) is 3.29. The lowest BCUT2D eigenvalue weighted by molar-refractivity contribution is 0.0697. The Balaban J connectivity index is 2.13. The second kappa shape index (κ2) is 5.25. The molecule has 1 heterocycles. The highest BCUT2D eigenvalue weighted by Gasteiger charge is 2.17. The molecule has 0 atom stereocenters. The SMILES string of the molecule is Cc1ccc(-n2cc(C(=O)O)c(-c3ccccc3)n2)cc1. The molecule has 3 rings (SSSR count). The minimum absolute atomic E-state index is 0.196. The maximum absolute atomic E-state index is 11.4. The number of aromatic carboxylic acids is 1. The fourth-order valence-corrected chi connectivity index (χ4v) is 2.17. The van der Waals surface area contributed by atoms with Crippen LogP contribution in [0.2, 0.25) is 0 Å². The van der Waals surface area contributed by atoms with Crippen molar-refractivity contribution in [3.8, 4) is 16.9 Å². The molecule has 0 fully saturated rings. The Morgan fingerprint density at radius 2 is 1.71 bits per heavy atom. The van der Waals surface area contributed by atoms with Gasteiger partial charge in [0.15, 0.2) is 0 Å². The van der Waals surface area contributed by atoms with Gasteiger partial charge in [-0.15, -0.1) is 0 Å². The molecule has 0 aliphatic heterocycles. The molecule has 0 bridgehead atoms. The molecule has 0 aliphatic carbocycles. The standard InChI is InChI=1S/C17H14N2O2/c1-12-7-9-14(10-8-12)19-11-15(17(20)21)16(18-19)13-5-3-2-4-6-13/h2-11H,1H3,(H,20,21). The van der Waals surface area contributed by atoms with E-state index in [2.05, 4.69) is 5.10 Å². The minimum atomic E-state index is -0.979. The van der Waals surface area contributed by atoms with Crippen LogP contribution in [0.3, 0.4) is 0 Å². The van der Waals surface area contributed by atoms with Gasteiger partial charge in [0.05, 0.1) is 5.69 Å². The Hall–Kier alpha value is -2.88. The Bertz CT molecular complexity index is 774. The first kappa shape index (κ1) is 13.1. The highest BCUT2D eigenvalue weighted by molar-refractivity contribution is 5.94. The minimum Gasteiger partial charge on any atom is -0.478 e. The molecule has 3 aromatic rings. The van der Waals surface area contributed by atoms with Crippen molar-refractivity contribution in [3.05, 3.63) is 71.9 Å². The summed E-state index contributed by atoms with van der Waals surface area (Å²) in [5.41, 5.74) is 3.45. The number of carbonyl (C=O) groups is 1. The summed E-state index contributed by atoms with van der Waals surface area (Å²) in [4.78, 5) is 11.4. The molecule has 0 unspecified atom stereocenters. The van der Waals surface area contributed by atoms with E-state index in [0.717, 1.165) is 16.8 Å². The predicted molar refractivity (Wildman–Crippen MR) is 80.7 cm³/mol. The zero-order chi connectivity index (χ0) is 14.8. The summed E-state index contributed by atoms with van der Waals surface area (Å²) in [6.07, 6.45) is 1.55. The summed E-state index contributed by atoms with van der Waals surface area (Å²) in [5, 5.41) is 13.8. The van der Waals surface area contributed by atoms with Gasteiger partial charge in [-0.2, -0.15) is 5.10 Å².